The van der Waals surface area contributed by atoms with Crippen LogP contribution in [0.5, 0.6) is 0 Å². The number of alkyl halides is 4. The highest BCUT2D eigenvalue weighted by Gasteiger charge is 2.35. The number of hydrogen-bond acceptors (Lipinski definition) is 2. The second kappa shape index (κ2) is 8.23. The van der Waals surface area contributed by atoms with Crippen LogP contribution in [-0.2, 0) is 19.5 Å². The zero-order valence-corrected chi connectivity index (χ0v) is 15.6. The van der Waals surface area contributed by atoms with Crippen molar-refractivity contribution in [2.45, 2.75) is 57.5 Å². The molecule has 1 aliphatic rings. The van der Waals surface area contributed by atoms with Gasteiger partial charge in [0.25, 0.3) is 6.43 Å². The third-order valence-corrected chi connectivity index (χ3v) is 5.34. The second-order valence-corrected chi connectivity index (χ2v) is 7.47. The van der Waals surface area contributed by atoms with Gasteiger partial charge in [-0.25, -0.2) is 31.4 Å². The average Bonchev–Trinajstić information content (AvgIpc) is 2.88. The Bertz CT molecular complexity index is 866. The van der Waals surface area contributed by atoms with Gasteiger partial charge < -0.3 is 0 Å². The van der Waals surface area contributed by atoms with E-state index >= 15 is 0 Å². The highest BCUT2D eigenvalue weighted by molar-refractivity contribution is 6.31. The maximum absolute atomic E-state index is 14.1. The Morgan fingerprint density at radius 2 is 1.93 bits per heavy atom. The van der Waals surface area contributed by atoms with Gasteiger partial charge in [0.15, 0.2) is 0 Å². The van der Waals surface area contributed by atoms with Crippen molar-refractivity contribution in [3.63, 3.8) is 0 Å². The van der Waals surface area contributed by atoms with Gasteiger partial charge in [0.2, 0.25) is 5.92 Å². The fourth-order valence-corrected chi connectivity index (χ4v) is 3.68. The van der Waals surface area contributed by atoms with Crippen molar-refractivity contribution in [2.75, 3.05) is 0 Å². The Morgan fingerprint density at radius 1 is 1.25 bits per heavy atom. The van der Waals surface area contributed by atoms with Crippen LogP contribution in [0.4, 0.5) is 22.0 Å². The Morgan fingerprint density at radius 3 is 2.54 bits per heavy atom. The molecule has 2 aromatic rings. The Hall–Kier alpha value is -1.90. The average molecular weight is 424 g/mol. The topological polar surface area (TPSA) is 39.8 Å². The van der Waals surface area contributed by atoms with Crippen LogP contribution in [0.15, 0.2) is 23.0 Å². The molecule has 0 unspecified atom stereocenters. The summed E-state index contributed by atoms with van der Waals surface area (Å²) in [5, 5.41) is 4.06. The summed E-state index contributed by atoms with van der Waals surface area (Å²) in [6, 6.07) is 4.09. The normalized spacial score (nSPS) is 17.4. The number of benzene rings is 1. The highest BCUT2D eigenvalue weighted by atomic mass is 35.5. The zero-order valence-electron chi connectivity index (χ0n) is 14.9. The smallest absolute Gasteiger partial charge is 0.278 e. The number of rotatable bonds is 6. The third-order valence-electron chi connectivity index (χ3n) is 4.98. The van der Waals surface area contributed by atoms with Gasteiger partial charge in [0.1, 0.15) is 18.2 Å². The molecule has 0 aliphatic heterocycles. The van der Waals surface area contributed by atoms with Crippen molar-refractivity contribution < 1.29 is 22.0 Å². The molecule has 0 N–H and O–H groups in total. The summed E-state index contributed by atoms with van der Waals surface area (Å²) in [6.07, 6.45) is -3.11. The largest absolute Gasteiger partial charge is 0.346 e. The molecule has 1 saturated carbocycles. The SMILES string of the molecule is O=c1n(CC(F)F)nc(Cc2c(F)cccc2Cl)n1CC1CCC(F)(F)CC1. The van der Waals surface area contributed by atoms with E-state index in [0.717, 1.165) is 0 Å². The first-order valence-electron chi connectivity index (χ1n) is 8.91. The predicted molar refractivity (Wildman–Crippen MR) is 93.6 cm³/mol. The van der Waals surface area contributed by atoms with Crippen molar-refractivity contribution in [2.24, 2.45) is 5.92 Å². The molecule has 1 fully saturated rings. The Labute approximate surface area is 162 Å². The summed E-state index contributed by atoms with van der Waals surface area (Å²) in [6.45, 7) is -0.827. The summed E-state index contributed by atoms with van der Waals surface area (Å²) >= 11 is 6.02. The molecule has 0 saturated heterocycles. The molecular formula is C18H19ClF5N3O. The molecular weight excluding hydrogens is 405 g/mol. The van der Waals surface area contributed by atoms with E-state index in [1.54, 1.807) is 0 Å². The van der Waals surface area contributed by atoms with Crippen LogP contribution < -0.4 is 5.69 Å². The first-order valence-corrected chi connectivity index (χ1v) is 9.29. The van der Waals surface area contributed by atoms with E-state index in [4.69, 9.17) is 11.6 Å². The molecule has 28 heavy (non-hydrogen) atoms. The van der Waals surface area contributed by atoms with Crippen molar-refractivity contribution in [1.29, 1.82) is 0 Å². The molecule has 10 heteroatoms. The van der Waals surface area contributed by atoms with Crippen LogP contribution in [0.1, 0.15) is 37.1 Å². The second-order valence-electron chi connectivity index (χ2n) is 7.06. The van der Waals surface area contributed by atoms with Crippen LogP contribution in [-0.4, -0.2) is 26.7 Å². The Balaban J connectivity index is 1.91. The van der Waals surface area contributed by atoms with Gasteiger partial charge in [-0.1, -0.05) is 17.7 Å². The first-order chi connectivity index (χ1) is 13.2. The van der Waals surface area contributed by atoms with Crippen molar-refractivity contribution in [3.8, 4) is 0 Å². The molecule has 0 radical (unpaired) electrons. The lowest BCUT2D eigenvalue weighted by Gasteiger charge is -2.28. The van der Waals surface area contributed by atoms with E-state index in [0.29, 0.717) is 4.68 Å². The quantitative estimate of drug-likeness (QED) is 0.641. The first kappa shape index (κ1) is 20.8. The van der Waals surface area contributed by atoms with E-state index in [-0.39, 0.29) is 61.0 Å². The molecule has 4 nitrogen and oxygen atoms in total. The van der Waals surface area contributed by atoms with Gasteiger partial charge >= 0.3 is 5.69 Å². The fraction of sp³-hybridized carbons (Fsp3) is 0.556. The lowest BCUT2D eigenvalue weighted by molar-refractivity contribution is -0.0474. The standard InChI is InChI=1S/C18H19ClF5N3O/c19-13-2-1-3-14(20)12(13)8-16-25-27(10-15(21)22)17(28)26(16)9-11-4-6-18(23,24)7-5-11/h1-3,11,15H,4-10H2. The lowest BCUT2D eigenvalue weighted by atomic mass is 9.86. The zero-order chi connectivity index (χ0) is 20.5. The Kier molecular flexibility index (Phi) is 6.12. The molecule has 0 spiro atoms. The van der Waals surface area contributed by atoms with E-state index in [9.17, 15) is 26.7 Å². The van der Waals surface area contributed by atoms with Crippen LogP contribution >= 0.6 is 11.6 Å². The van der Waals surface area contributed by atoms with Gasteiger partial charge in [-0.15, -0.1) is 0 Å². The number of aromatic nitrogens is 3. The molecule has 3 rings (SSSR count). The summed E-state index contributed by atoms with van der Waals surface area (Å²) in [7, 11) is 0. The number of hydrogen-bond donors (Lipinski definition) is 0. The molecule has 1 aromatic carbocycles. The van der Waals surface area contributed by atoms with Crippen LogP contribution in [0.25, 0.3) is 0 Å². The number of halogens is 6. The minimum Gasteiger partial charge on any atom is -0.278 e. The van der Waals surface area contributed by atoms with Crippen LogP contribution in [0.3, 0.4) is 0 Å². The van der Waals surface area contributed by atoms with E-state index < -0.39 is 30.4 Å². The minimum atomic E-state index is -2.79. The van der Waals surface area contributed by atoms with E-state index in [2.05, 4.69) is 5.10 Å². The molecule has 1 heterocycles. The highest BCUT2D eigenvalue weighted by Crippen LogP contribution is 2.36. The predicted octanol–water partition coefficient (Wildman–Crippen LogP) is 4.52. The summed E-state index contributed by atoms with van der Waals surface area (Å²) in [5.41, 5.74) is -0.671. The van der Waals surface area contributed by atoms with Crippen molar-refractivity contribution >= 4 is 11.6 Å². The monoisotopic (exact) mass is 423 g/mol. The molecule has 0 atom stereocenters. The maximum atomic E-state index is 14.1. The van der Waals surface area contributed by atoms with Gasteiger partial charge in [0.05, 0.1) is 0 Å². The summed E-state index contributed by atoms with van der Waals surface area (Å²) in [4.78, 5) is 12.5. The minimum absolute atomic E-state index is 0.0690. The van der Waals surface area contributed by atoms with Crippen LogP contribution in [0.2, 0.25) is 5.02 Å². The van der Waals surface area contributed by atoms with Crippen molar-refractivity contribution in [3.05, 3.63) is 50.9 Å². The van der Waals surface area contributed by atoms with Gasteiger partial charge in [-0.2, -0.15) is 5.10 Å². The van der Waals surface area contributed by atoms with Gasteiger partial charge in [-0.05, 0) is 30.9 Å². The lowest BCUT2D eigenvalue weighted by Crippen LogP contribution is -2.32. The van der Waals surface area contributed by atoms with Crippen LogP contribution in [0, 0.1) is 11.7 Å². The molecule has 1 aromatic heterocycles. The third kappa shape index (κ3) is 4.74. The molecule has 0 amide bonds. The van der Waals surface area contributed by atoms with Gasteiger partial charge in [-0.3, -0.25) is 4.57 Å². The number of nitrogens with zero attached hydrogens (tertiary/aromatic N) is 3. The van der Waals surface area contributed by atoms with Gasteiger partial charge in [0, 0.05) is 36.4 Å². The summed E-state index contributed by atoms with van der Waals surface area (Å²) < 4.78 is 68.2. The van der Waals surface area contributed by atoms with E-state index in [1.165, 1.54) is 22.8 Å². The summed E-state index contributed by atoms with van der Waals surface area (Å²) in [5.74, 6) is -3.45. The molecule has 154 valence electrons. The maximum Gasteiger partial charge on any atom is 0.346 e. The van der Waals surface area contributed by atoms with E-state index in [1.807, 2.05) is 0 Å². The fourth-order valence-electron chi connectivity index (χ4n) is 3.45. The molecule has 0 bridgehead atoms. The van der Waals surface area contributed by atoms with Crippen molar-refractivity contribution in [1.82, 2.24) is 14.3 Å². The molecule has 1 aliphatic carbocycles.